The summed E-state index contributed by atoms with van der Waals surface area (Å²) >= 11 is 0. The molecule has 0 aromatic carbocycles. The van der Waals surface area contributed by atoms with Gasteiger partial charge >= 0.3 is 0 Å². The lowest BCUT2D eigenvalue weighted by atomic mass is 10.0. The van der Waals surface area contributed by atoms with Crippen LogP contribution < -0.4 is 10.2 Å². The van der Waals surface area contributed by atoms with Crippen molar-refractivity contribution < 1.29 is 19.8 Å². The molecule has 0 aromatic heterocycles. The fourth-order valence-electron chi connectivity index (χ4n) is 2.62. The van der Waals surface area contributed by atoms with Crippen molar-refractivity contribution in [3.8, 4) is 0 Å². The number of carbonyl (C=O) groups is 2. The molecule has 0 saturated heterocycles. The largest absolute Gasteiger partial charge is 0.545 e. The van der Waals surface area contributed by atoms with Gasteiger partial charge in [0.1, 0.15) is 0 Å². The number of unbranched alkanes of at least 4 members (excludes halogenated alkanes) is 14. The first kappa shape index (κ1) is 26.6. The zero-order valence-electron chi connectivity index (χ0n) is 16.7. The highest BCUT2D eigenvalue weighted by molar-refractivity contribution is 5.87. The van der Waals surface area contributed by atoms with Gasteiger partial charge in [-0.25, -0.2) is 0 Å². The van der Waals surface area contributed by atoms with E-state index in [1.807, 2.05) is 6.08 Å². The van der Waals surface area contributed by atoms with Gasteiger partial charge in [-0.3, -0.25) is 0 Å². The number of allylic oxidation sites excluding steroid dienone is 1. The molecule has 0 saturated carbocycles. The first-order chi connectivity index (χ1) is 12.5. The van der Waals surface area contributed by atoms with Crippen molar-refractivity contribution >= 4 is 11.9 Å². The Kier molecular flexibility index (Phi) is 24.0. The average molecular weight is 367 g/mol. The lowest BCUT2D eigenvalue weighted by molar-refractivity contribution is -0.301. The SMILES string of the molecule is C=CCCCCCCCCCCCCCCCC.O=C([O-])/C=C\C(=O)[O-]. The van der Waals surface area contributed by atoms with E-state index >= 15 is 0 Å². The highest BCUT2D eigenvalue weighted by Gasteiger charge is 1.93. The van der Waals surface area contributed by atoms with E-state index < -0.39 is 11.9 Å². The minimum Gasteiger partial charge on any atom is -0.545 e. The fourth-order valence-corrected chi connectivity index (χ4v) is 2.62. The summed E-state index contributed by atoms with van der Waals surface area (Å²) in [5.41, 5.74) is 0. The topological polar surface area (TPSA) is 80.3 Å². The molecule has 0 spiro atoms. The Bertz CT molecular complexity index is 345. The molecule has 0 heterocycles. The molecular weight excluding hydrogens is 328 g/mol. The maximum absolute atomic E-state index is 9.41. The molecule has 4 nitrogen and oxygen atoms in total. The van der Waals surface area contributed by atoms with Crippen molar-refractivity contribution in [2.45, 2.75) is 103 Å². The van der Waals surface area contributed by atoms with Crippen LogP contribution in [-0.4, -0.2) is 11.9 Å². The highest BCUT2D eigenvalue weighted by Crippen LogP contribution is 2.13. The molecule has 0 N–H and O–H groups in total. The second kappa shape index (κ2) is 23.4. The minimum atomic E-state index is -1.55. The van der Waals surface area contributed by atoms with Gasteiger partial charge in [-0.15, -0.1) is 6.58 Å². The second-order valence-corrected chi connectivity index (χ2v) is 6.64. The summed E-state index contributed by atoms with van der Waals surface area (Å²) in [6.07, 6.45) is 24.2. The van der Waals surface area contributed by atoms with Gasteiger partial charge < -0.3 is 19.8 Å². The molecule has 0 aromatic rings. The molecule has 0 fully saturated rings. The van der Waals surface area contributed by atoms with Crippen molar-refractivity contribution in [2.75, 3.05) is 0 Å². The second-order valence-electron chi connectivity index (χ2n) is 6.64. The van der Waals surface area contributed by atoms with Crippen LogP contribution in [-0.2, 0) is 9.59 Å². The lowest BCUT2D eigenvalue weighted by Crippen LogP contribution is -2.23. The van der Waals surface area contributed by atoms with Crippen molar-refractivity contribution in [3.05, 3.63) is 24.8 Å². The van der Waals surface area contributed by atoms with E-state index in [1.165, 1.54) is 96.3 Å². The summed E-state index contributed by atoms with van der Waals surface area (Å²) in [5, 5.41) is 18.8. The van der Waals surface area contributed by atoms with Crippen LogP contribution in [0, 0.1) is 0 Å². The molecule has 0 unspecified atom stereocenters. The van der Waals surface area contributed by atoms with Crippen LogP contribution in [0.3, 0.4) is 0 Å². The number of carboxylic acids is 2. The summed E-state index contributed by atoms with van der Waals surface area (Å²) in [6, 6.07) is 0. The van der Waals surface area contributed by atoms with E-state index in [0.717, 1.165) is 0 Å². The Morgan fingerprint density at radius 2 is 0.962 bits per heavy atom. The molecule has 26 heavy (non-hydrogen) atoms. The molecule has 4 heteroatoms. The van der Waals surface area contributed by atoms with Crippen molar-refractivity contribution in [2.24, 2.45) is 0 Å². The maximum Gasteiger partial charge on any atom is 0.0643 e. The average Bonchev–Trinajstić information content (AvgIpc) is 2.61. The number of hydrogen-bond acceptors (Lipinski definition) is 4. The predicted molar refractivity (Wildman–Crippen MR) is 104 cm³/mol. The first-order valence-electron chi connectivity index (χ1n) is 10.3. The van der Waals surface area contributed by atoms with Gasteiger partial charge in [0.25, 0.3) is 0 Å². The van der Waals surface area contributed by atoms with E-state index in [-0.39, 0.29) is 0 Å². The van der Waals surface area contributed by atoms with Gasteiger partial charge in [0.2, 0.25) is 0 Å². The zero-order valence-corrected chi connectivity index (χ0v) is 16.7. The molecule has 0 rings (SSSR count). The molecule has 0 aliphatic heterocycles. The van der Waals surface area contributed by atoms with Crippen LogP contribution in [0.2, 0.25) is 0 Å². The van der Waals surface area contributed by atoms with Crippen molar-refractivity contribution in [3.63, 3.8) is 0 Å². The van der Waals surface area contributed by atoms with Crippen molar-refractivity contribution in [1.82, 2.24) is 0 Å². The lowest BCUT2D eigenvalue weighted by Gasteiger charge is -2.02. The first-order valence-corrected chi connectivity index (χ1v) is 10.3. The number of hydrogen-bond donors (Lipinski definition) is 0. The third-order valence-electron chi connectivity index (χ3n) is 4.12. The zero-order chi connectivity index (χ0) is 19.9. The maximum atomic E-state index is 9.41. The molecule has 0 aliphatic rings. The summed E-state index contributed by atoms with van der Waals surface area (Å²) < 4.78 is 0. The van der Waals surface area contributed by atoms with E-state index in [9.17, 15) is 19.8 Å². The molecule has 152 valence electrons. The van der Waals surface area contributed by atoms with E-state index in [1.54, 1.807) is 0 Å². The van der Waals surface area contributed by atoms with Crippen LogP contribution in [0.4, 0.5) is 0 Å². The molecule has 0 radical (unpaired) electrons. The Hall–Kier alpha value is -1.58. The van der Waals surface area contributed by atoms with Gasteiger partial charge in [-0.05, 0) is 25.0 Å². The van der Waals surface area contributed by atoms with Gasteiger partial charge in [-0.2, -0.15) is 0 Å². The Balaban J connectivity index is 0. The van der Waals surface area contributed by atoms with Gasteiger partial charge in [-0.1, -0.05) is 96.5 Å². The molecule has 0 bridgehead atoms. The third-order valence-corrected chi connectivity index (χ3v) is 4.12. The molecule has 0 amide bonds. The van der Waals surface area contributed by atoms with Crippen LogP contribution in [0.5, 0.6) is 0 Å². The number of carboxylic acid groups (broad SMARTS) is 2. The highest BCUT2D eigenvalue weighted by atomic mass is 16.4. The fraction of sp³-hybridized carbons (Fsp3) is 0.727. The standard InChI is InChI=1S/C18H36.C4H4O4/c1-3-5-7-9-11-13-15-17-18-16-14-12-10-8-6-4-2;5-3(6)1-2-4(7)8/h3H,1,4-18H2,2H3;1-2H,(H,5,6)(H,7,8)/p-2/b;2-1-. The van der Waals surface area contributed by atoms with Gasteiger partial charge in [0.15, 0.2) is 0 Å². The Labute approximate surface area is 160 Å². The molecular formula is C22H38O4-2. The predicted octanol–water partition coefficient (Wildman–Crippen LogP) is 4.09. The smallest absolute Gasteiger partial charge is 0.0643 e. The van der Waals surface area contributed by atoms with Crippen LogP contribution in [0.15, 0.2) is 24.8 Å². The number of carbonyl (C=O) groups excluding carboxylic acids is 2. The minimum absolute atomic E-state index is 0.384. The van der Waals surface area contributed by atoms with Gasteiger partial charge in [0, 0.05) is 0 Å². The molecule has 0 aliphatic carbocycles. The number of rotatable bonds is 17. The summed E-state index contributed by atoms with van der Waals surface area (Å²) in [7, 11) is 0. The Morgan fingerprint density at radius 3 is 1.23 bits per heavy atom. The van der Waals surface area contributed by atoms with E-state index in [0.29, 0.717) is 12.2 Å². The monoisotopic (exact) mass is 366 g/mol. The summed E-state index contributed by atoms with van der Waals surface area (Å²) in [4.78, 5) is 18.8. The van der Waals surface area contributed by atoms with E-state index in [4.69, 9.17) is 0 Å². The van der Waals surface area contributed by atoms with Gasteiger partial charge in [0.05, 0.1) is 11.9 Å². The van der Waals surface area contributed by atoms with Crippen LogP contribution in [0.1, 0.15) is 103 Å². The normalized spacial score (nSPS) is 10.3. The summed E-state index contributed by atoms with van der Waals surface area (Å²) in [5.74, 6) is -3.09. The third kappa shape index (κ3) is 30.3. The number of aliphatic carboxylic acids is 2. The Morgan fingerprint density at radius 1 is 0.654 bits per heavy atom. The van der Waals surface area contributed by atoms with Crippen LogP contribution in [0.25, 0.3) is 0 Å². The van der Waals surface area contributed by atoms with Crippen molar-refractivity contribution in [1.29, 1.82) is 0 Å². The van der Waals surface area contributed by atoms with E-state index in [2.05, 4.69) is 13.5 Å². The molecule has 0 atom stereocenters. The van der Waals surface area contributed by atoms with Crippen LogP contribution >= 0.6 is 0 Å². The summed E-state index contributed by atoms with van der Waals surface area (Å²) in [6.45, 7) is 6.05. The quantitative estimate of drug-likeness (QED) is 0.221.